The van der Waals surface area contributed by atoms with Crippen molar-refractivity contribution in [2.45, 2.75) is 4.90 Å². The molecule has 0 fully saturated rings. The Hall–Kier alpha value is -2.16. The molecule has 0 amide bonds. The van der Waals surface area contributed by atoms with Crippen LogP contribution in [0.1, 0.15) is 0 Å². The van der Waals surface area contributed by atoms with Gasteiger partial charge < -0.3 is 10.1 Å². The summed E-state index contributed by atoms with van der Waals surface area (Å²) >= 11 is 1.41. The molecule has 0 spiro atoms. The van der Waals surface area contributed by atoms with Crippen LogP contribution in [0.5, 0.6) is 5.75 Å². The molecule has 0 saturated carbocycles. The van der Waals surface area contributed by atoms with Crippen molar-refractivity contribution in [2.24, 2.45) is 0 Å². The molecule has 1 aromatic heterocycles. The van der Waals surface area contributed by atoms with Gasteiger partial charge in [-0.05, 0) is 35.8 Å². The molecule has 0 unspecified atom stereocenters. The number of para-hydroxylation sites is 1. The summed E-state index contributed by atoms with van der Waals surface area (Å²) in [6.45, 7) is 0.675. The van der Waals surface area contributed by atoms with Crippen LogP contribution < -0.4 is 14.8 Å². The van der Waals surface area contributed by atoms with E-state index < -0.39 is 10.0 Å². The van der Waals surface area contributed by atoms with E-state index in [0.29, 0.717) is 12.3 Å². The number of rotatable bonds is 7. The molecular weight excluding hydrogens is 346 g/mol. The first kappa shape index (κ1) is 16.7. The van der Waals surface area contributed by atoms with Crippen LogP contribution in [0.15, 0.2) is 53.4 Å². The SMILES string of the molecule is COc1ccccc1S(=O)(=O)NCCNc1nsc2ccccc12. The molecule has 3 aromatic rings. The number of benzene rings is 2. The summed E-state index contributed by atoms with van der Waals surface area (Å²) in [6, 6.07) is 14.4. The summed E-state index contributed by atoms with van der Waals surface area (Å²) in [4.78, 5) is 0.131. The standard InChI is InChI=1S/C16H17N3O3S2/c1-22-13-7-3-5-9-15(13)24(20,21)18-11-10-17-16-12-6-2-4-8-14(12)23-19-16/h2-9,18H,10-11H2,1H3,(H,17,19). The Kier molecular flexibility index (Phi) is 4.98. The second kappa shape index (κ2) is 7.16. The van der Waals surface area contributed by atoms with Crippen molar-refractivity contribution in [3.8, 4) is 5.75 Å². The molecule has 1 heterocycles. The first-order valence-corrected chi connectivity index (χ1v) is 9.58. The number of aromatic nitrogens is 1. The summed E-state index contributed by atoms with van der Waals surface area (Å²) in [5.41, 5.74) is 0. The molecule has 0 bridgehead atoms. The molecule has 0 aliphatic carbocycles. The Morgan fingerprint density at radius 2 is 1.83 bits per heavy atom. The van der Waals surface area contributed by atoms with E-state index in [1.54, 1.807) is 18.2 Å². The monoisotopic (exact) mass is 363 g/mol. The third-order valence-electron chi connectivity index (χ3n) is 3.45. The highest BCUT2D eigenvalue weighted by atomic mass is 32.2. The van der Waals surface area contributed by atoms with Crippen LogP contribution in [0.25, 0.3) is 10.1 Å². The van der Waals surface area contributed by atoms with Crippen molar-refractivity contribution in [1.82, 2.24) is 9.10 Å². The smallest absolute Gasteiger partial charge is 0.244 e. The van der Waals surface area contributed by atoms with Gasteiger partial charge in [-0.3, -0.25) is 0 Å². The van der Waals surface area contributed by atoms with Crippen molar-refractivity contribution in [3.05, 3.63) is 48.5 Å². The number of nitrogens with zero attached hydrogens (tertiary/aromatic N) is 1. The Labute approximate surface area is 144 Å². The second-order valence-corrected chi connectivity index (χ2v) is 7.54. The minimum Gasteiger partial charge on any atom is -0.495 e. The van der Waals surface area contributed by atoms with Gasteiger partial charge in [-0.1, -0.05) is 24.3 Å². The van der Waals surface area contributed by atoms with Gasteiger partial charge in [-0.25, -0.2) is 13.1 Å². The van der Waals surface area contributed by atoms with Crippen LogP contribution >= 0.6 is 11.5 Å². The fourth-order valence-corrected chi connectivity index (χ4v) is 4.25. The lowest BCUT2D eigenvalue weighted by Gasteiger charge is -2.10. The Bertz CT molecular complexity index is 938. The van der Waals surface area contributed by atoms with E-state index >= 15 is 0 Å². The van der Waals surface area contributed by atoms with Crippen LogP contribution in [0.2, 0.25) is 0 Å². The molecule has 0 aliphatic heterocycles. The van der Waals surface area contributed by atoms with Gasteiger partial charge in [0.1, 0.15) is 16.5 Å². The Morgan fingerprint density at radius 1 is 1.08 bits per heavy atom. The highest BCUT2D eigenvalue weighted by Gasteiger charge is 2.18. The fourth-order valence-electron chi connectivity index (χ4n) is 2.30. The third kappa shape index (κ3) is 3.50. The Balaban J connectivity index is 1.62. The lowest BCUT2D eigenvalue weighted by atomic mass is 10.2. The maximum Gasteiger partial charge on any atom is 0.244 e. The number of hydrogen-bond donors (Lipinski definition) is 2. The molecule has 126 valence electrons. The quantitative estimate of drug-likeness (QED) is 0.631. The normalized spacial score (nSPS) is 11.5. The molecule has 0 radical (unpaired) electrons. The number of nitrogens with one attached hydrogen (secondary N) is 2. The Morgan fingerprint density at radius 3 is 2.67 bits per heavy atom. The van der Waals surface area contributed by atoms with E-state index in [0.717, 1.165) is 15.9 Å². The molecule has 2 aromatic carbocycles. The summed E-state index contributed by atoms with van der Waals surface area (Å²) in [6.07, 6.45) is 0. The van der Waals surface area contributed by atoms with Gasteiger partial charge in [0.15, 0.2) is 0 Å². The van der Waals surface area contributed by atoms with Crippen LogP contribution in [0.4, 0.5) is 5.82 Å². The average molecular weight is 363 g/mol. The number of sulfonamides is 1. The molecule has 8 heteroatoms. The summed E-state index contributed by atoms with van der Waals surface area (Å²) in [7, 11) is -2.17. The van der Waals surface area contributed by atoms with Gasteiger partial charge in [0.2, 0.25) is 10.0 Å². The second-order valence-electron chi connectivity index (χ2n) is 5.00. The molecule has 3 rings (SSSR count). The van der Waals surface area contributed by atoms with Crippen molar-refractivity contribution >= 4 is 37.5 Å². The fraction of sp³-hybridized carbons (Fsp3) is 0.188. The van der Waals surface area contributed by atoms with Crippen LogP contribution in [-0.4, -0.2) is 33.0 Å². The number of methoxy groups -OCH3 is 1. The van der Waals surface area contributed by atoms with Crippen LogP contribution in [-0.2, 0) is 10.0 Å². The number of ether oxygens (including phenoxy) is 1. The van der Waals surface area contributed by atoms with E-state index in [-0.39, 0.29) is 11.4 Å². The van der Waals surface area contributed by atoms with Gasteiger partial charge in [0, 0.05) is 18.5 Å². The largest absolute Gasteiger partial charge is 0.495 e. The van der Waals surface area contributed by atoms with E-state index in [9.17, 15) is 8.42 Å². The summed E-state index contributed by atoms with van der Waals surface area (Å²) < 4.78 is 37.8. The van der Waals surface area contributed by atoms with Crippen molar-refractivity contribution < 1.29 is 13.2 Å². The van der Waals surface area contributed by atoms with Gasteiger partial charge in [-0.2, -0.15) is 4.37 Å². The highest BCUT2D eigenvalue weighted by Crippen LogP contribution is 2.26. The molecule has 0 saturated heterocycles. The van der Waals surface area contributed by atoms with Gasteiger partial charge in [-0.15, -0.1) is 0 Å². The van der Waals surface area contributed by atoms with Gasteiger partial charge in [0.05, 0.1) is 11.8 Å². The lowest BCUT2D eigenvalue weighted by Crippen LogP contribution is -2.29. The first-order valence-electron chi connectivity index (χ1n) is 7.33. The van der Waals surface area contributed by atoms with Crippen LogP contribution in [0.3, 0.4) is 0 Å². The maximum absolute atomic E-state index is 12.4. The predicted octanol–water partition coefficient (Wildman–Crippen LogP) is 2.70. The third-order valence-corrected chi connectivity index (χ3v) is 5.77. The minimum absolute atomic E-state index is 0.131. The van der Waals surface area contributed by atoms with Gasteiger partial charge in [0.25, 0.3) is 0 Å². The highest BCUT2D eigenvalue weighted by molar-refractivity contribution is 7.89. The molecule has 0 aliphatic rings. The van der Waals surface area contributed by atoms with E-state index in [2.05, 4.69) is 14.4 Å². The number of anilines is 1. The van der Waals surface area contributed by atoms with Crippen LogP contribution in [0, 0.1) is 0 Å². The van der Waals surface area contributed by atoms with E-state index in [1.165, 1.54) is 24.7 Å². The summed E-state index contributed by atoms with van der Waals surface area (Å²) in [5.74, 6) is 1.09. The zero-order chi connectivity index (χ0) is 17.0. The average Bonchev–Trinajstić information content (AvgIpc) is 3.02. The molecular formula is C16H17N3O3S2. The van der Waals surface area contributed by atoms with E-state index in [1.807, 2.05) is 24.3 Å². The molecule has 2 N–H and O–H groups in total. The van der Waals surface area contributed by atoms with Crippen molar-refractivity contribution in [1.29, 1.82) is 0 Å². The van der Waals surface area contributed by atoms with Gasteiger partial charge >= 0.3 is 0 Å². The predicted molar refractivity (Wildman–Crippen MR) is 96.3 cm³/mol. The van der Waals surface area contributed by atoms with E-state index in [4.69, 9.17) is 4.74 Å². The zero-order valence-electron chi connectivity index (χ0n) is 13.0. The van der Waals surface area contributed by atoms with Crippen molar-refractivity contribution in [3.63, 3.8) is 0 Å². The summed E-state index contributed by atoms with van der Waals surface area (Å²) in [5, 5.41) is 4.20. The van der Waals surface area contributed by atoms with Crippen molar-refractivity contribution in [2.75, 3.05) is 25.5 Å². The number of hydrogen-bond acceptors (Lipinski definition) is 6. The number of fused-ring (bicyclic) bond motifs is 1. The maximum atomic E-state index is 12.4. The lowest BCUT2D eigenvalue weighted by molar-refractivity contribution is 0.402. The minimum atomic E-state index is -3.62. The molecule has 6 nitrogen and oxygen atoms in total. The first-order chi connectivity index (χ1) is 11.6. The topological polar surface area (TPSA) is 80.3 Å². The molecule has 0 atom stereocenters. The molecule has 24 heavy (non-hydrogen) atoms. The zero-order valence-corrected chi connectivity index (χ0v) is 14.7.